The summed E-state index contributed by atoms with van der Waals surface area (Å²) in [6.45, 7) is 9.01. The van der Waals surface area contributed by atoms with Gasteiger partial charge in [-0.3, -0.25) is 0 Å². The Hall–Kier alpha value is -1.06. The van der Waals surface area contributed by atoms with Crippen LogP contribution in [0.4, 0.5) is 0 Å². The van der Waals surface area contributed by atoms with Gasteiger partial charge in [-0.1, -0.05) is 32.9 Å². The molecule has 20 heavy (non-hydrogen) atoms. The molecule has 1 atom stereocenters. The Morgan fingerprint density at radius 2 is 1.90 bits per heavy atom. The molecule has 0 bridgehead atoms. The molecule has 1 aromatic rings. The van der Waals surface area contributed by atoms with E-state index in [1.807, 2.05) is 12.1 Å². The van der Waals surface area contributed by atoms with E-state index in [0.29, 0.717) is 0 Å². The minimum absolute atomic E-state index is 0.154. The summed E-state index contributed by atoms with van der Waals surface area (Å²) in [5.41, 5.74) is 1.39. The van der Waals surface area contributed by atoms with Crippen molar-refractivity contribution in [1.29, 1.82) is 0 Å². The van der Waals surface area contributed by atoms with E-state index in [0.717, 1.165) is 44.8 Å². The van der Waals surface area contributed by atoms with Gasteiger partial charge in [0, 0.05) is 12.1 Å². The highest BCUT2D eigenvalue weighted by Gasteiger charge is 2.32. The molecule has 0 aromatic heterocycles. The first-order valence-corrected chi connectivity index (χ1v) is 7.82. The third-order valence-corrected chi connectivity index (χ3v) is 4.30. The van der Waals surface area contributed by atoms with Gasteiger partial charge in [0.25, 0.3) is 0 Å². The van der Waals surface area contributed by atoms with Gasteiger partial charge in [-0.25, -0.2) is 0 Å². The SMILES string of the molecule is CCCOc1ccc(C2CNC(CC)(CC)CO2)cc1. The fourth-order valence-electron chi connectivity index (χ4n) is 2.60. The Labute approximate surface area is 122 Å². The molecule has 1 saturated heterocycles. The molecule has 0 spiro atoms. The number of rotatable bonds is 6. The van der Waals surface area contributed by atoms with Gasteiger partial charge in [-0.05, 0) is 37.0 Å². The van der Waals surface area contributed by atoms with Crippen molar-refractivity contribution in [3.05, 3.63) is 29.8 Å². The van der Waals surface area contributed by atoms with E-state index in [1.54, 1.807) is 0 Å². The minimum Gasteiger partial charge on any atom is -0.494 e. The Balaban J connectivity index is 1.93. The smallest absolute Gasteiger partial charge is 0.119 e. The van der Waals surface area contributed by atoms with Gasteiger partial charge in [-0.2, -0.15) is 0 Å². The van der Waals surface area contributed by atoms with Gasteiger partial charge in [0.05, 0.1) is 19.3 Å². The average molecular weight is 277 g/mol. The highest BCUT2D eigenvalue weighted by Crippen LogP contribution is 2.28. The molecule has 2 rings (SSSR count). The molecule has 1 aliphatic rings. The van der Waals surface area contributed by atoms with Crippen LogP contribution >= 0.6 is 0 Å². The highest BCUT2D eigenvalue weighted by molar-refractivity contribution is 5.29. The maximum Gasteiger partial charge on any atom is 0.119 e. The van der Waals surface area contributed by atoms with E-state index in [1.165, 1.54) is 5.56 Å². The lowest BCUT2D eigenvalue weighted by molar-refractivity contribution is -0.0374. The number of nitrogens with one attached hydrogen (secondary N) is 1. The lowest BCUT2D eigenvalue weighted by Gasteiger charge is -2.40. The standard InChI is InChI=1S/C17H27NO2/c1-4-11-19-15-9-7-14(8-10-15)16-12-18-17(5-2,6-3)13-20-16/h7-10,16,18H,4-6,11-13H2,1-3H3. The van der Waals surface area contributed by atoms with Crippen LogP contribution in [-0.4, -0.2) is 25.3 Å². The van der Waals surface area contributed by atoms with Gasteiger partial charge in [-0.15, -0.1) is 0 Å². The zero-order valence-electron chi connectivity index (χ0n) is 12.9. The summed E-state index contributed by atoms with van der Waals surface area (Å²) >= 11 is 0. The number of benzene rings is 1. The Bertz CT molecular complexity index is 388. The van der Waals surface area contributed by atoms with E-state index >= 15 is 0 Å². The molecular formula is C17H27NO2. The molecule has 1 fully saturated rings. The summed E-state index contributed by atoms with van der Waals surface area (Å²) in [4.78, 5) is 0. The van der Waals surface area contributed by atoms with Crippen molar-refractivity contribution in [1.82, 2.24) is 5.32 Å². The topological polar surface area (TPSA) is 30.5 Å². The van der Waals surface area contributed by atoms with Crippen LogP contribution in [0.15, 0.2) is 24.3 Å². The van der Waals surface area contributed by atoms with Crippen molar-refractivity contribution in [3.63, 3.8) is 0 Å². The molecule has 1 heterocycles. The Morgan fingerprint density at radius 3 is 2.40 bits per heavy atom. The predicted molar refractivity (Wildman–Crippen MR) is 82.2 cm³/mol. The van der Waals surface area contributed by atoms with E-state index in [4.69, 9.17) is 9.47 Å². The molecule has 0 aliphatic carbocycles. The van der Waals surface area contributed by atoms with Crippen molar-refractivity contribution < 1.29 is 9.47 Å². The first kappa shape index (κ1) is 15.3. The summed E-state index contributed by atoms with van der Waals surface area (Å²) in [5.74, 6) is 0.941. The van der Waals surface area contributed by atoms with Crippen LogP contribution < -0.4 is 10.1 Å². The van der Waals surface area contributed by atoms with Gasteiger partial charge in [0.1, 0.15) is 5.75 Å². The van der Waals surface area contributed by atoms with Crippen molar-refractivity contribution in [2.45, 2.75) is 51.7 Å². The number of morpholine rings is 1. The molecule has 1 aromatic carbocycles. The van der Waals surface area contributed by atoms with Crippen molar-refractivity contribution in [2.75, 3.05) is 19.8 Å². The van der Waals surface area contributed by atoms with Crippen molar-refractivity contribution >= 4 is 0 Å². The molecule has 0 amide bonds. The fourth-order valence-corrected chi connectivity index (χ4v) is 2.60. The maximum atomic E-state index is 6.08. The zero-order chi connectivity index (χ0) is 14.4. The number of ether oxygens (including phenoxy) is 2. The number of hydrogen-bond donors (Lipinski definition) is 1. The molecule has 1 aliphatic heterocycles. The second-order valence-electron chi connectivity index (χ2n) is 5.59. The molecular weight excluding hydrogens is 250 g/mol. The van der Waals surface area contributed by atoms with Gasteiger partial charge < -0.3 is 14.8 Å². The maximum absolute atomic E-state index is 6.08. The monoisotopic (exact) mass is 277 g/mol. The third-order valence-electron chi connectivity index (χ3n) is 4.30. The first-order valence-electron chi connectivity index (χ1n) is 7.82. The number of hydrogen-bond acceptors (Lipinski definition) is 3. The van der Waals surface area contributed by atoms with Crippen molar-refractivity contribution in [2.24, 2.45) is 0 Å². The molecule has 3 nitrogen and oxygen atoms in total. The van der Waals surface area contributed by atoms with Crippen LogP contribution in [-0.2, 0) is 4.74 Å². The third kappa shape index (κ3) is 3.53. The largest absolute Gasteiger partial charge is 0.494 e. The van der Waals surface area contributed by atoms with E-state index < -0.39 is 0 Å². The minimum atomic E-state index is 0.154. The van der Waals surface area contributed by atoms with Gasteiger partial charge >= 0.3 is 0 Å². The summed E-state index contributed by atoms with van der Waals surface area (Å²) in [7, 11) is 0. The van der Waals surface area contributed by atoms with Crippen LogP contribution in [0.25, 0.3) is 0 Å². The quantitative estimate of drug-likeness (QED) is 0.860. The van der Waals surface area contributed by atoms with E-state index in [9.17, 15) is 0 Å². The summed E-state index contributed by atoms with van der Waals surface area (Å²) < 4.78 is 11.7. The van der Waals surface area contributed by atoms with Crippen LogP contribution in [0.5, 0.6) is 5.75 Å². The molecule has 0 radical (unpaired) electrons. The molecule has 0 saturated carbocycles. The van der Waals surface area contributed by atoms with E-state index in [-0.39, 0.29) is 11.6 Å². The molecule has 1 N–H and O–H groups in total. The lowest BCUT2D eigenvalue weighted by atomic mass is 9.91. The summed E-state index contributed by atoms with van der Waals surface area (Å²) in [6, 6.07) is 8.30. The van der Waals surface area contributed by atoms with E-state index in [2.05, 4.69) is 38.2 Å². The normalized spacial score (nSPS) is 21.6. The van der Waals surface area contributed by atoms with Crippen LogP contribution in [0.3, 0.4) is 0 Å². The Kier molecular flexibility index (Phi) is 5.44. The van der Waals surface area contributed by atoms with Crippen LogP contribution in [0, 0.1) is 0 Å². The van der Waals surface area contributed by atoms with Crippen LogP contribution in [0.2, 0.25) is 0 Å². The molecule has 3 heteroatoms. The Morgan fingerprint density at radius 1 is 1.20 bits per heavy atom. The molecule has 1 unspecified atom stereocenters. The predicted octanol–water partition coefficient (Wildman–Crippen LogP) is 3.70. The second-order valence-corrected chi connectivity index (χ2v) is 5.59. The molecule has 112 valence electrons. The fraction of sp³-hybridized carbons (Fsp3) is 0.647. The average Bonchev–Trinajstić information content (AvgIpc) is 2.53. The highest BCUT2D eigenvalue weighted by atomic mass is 16.5. The van der Waals surface area contributed by atoms with Gasteiger partial charge in [0.15, 0.2) is 0 Å². The second kappa shape index (κ2) is 7.09. The zero-order valence-corrected chi connectivity index (χ0v) is 12.9. The summed E-state index contributed by atoms with van der Waals surface area (Å²) in [6.07, 6.45) is 3.41. The summed E-state index contributed by atoms with van der Waals surface area (Å²) in [5, 5.41) is 3.67. The van der Waals surface area contributed by atoms with Crippen molar-refractivity contribution in [3.8, 4) is 5.75 Å². The van der Waals surface area contributed by atoms with Gasteiger partial charge in [0.2, 0.25) is 0 Å². The lowest BCUT2D eigenvalue weighted by Crippen LogP contribution is -2.54. The first-order chi connectivity index (χ1) is 9.73. The van der Waals surface area contributed by atoms with Crippen LogP contribution in [0.1, 0.15) is 51.7 Å².